The summed E-state index contributed by atoms with van der Waals surface area (Å²) in [7, 11) is 0. The molecule has 0 bridgehead atoms. The number of rotatable bonds is 12. The molecule has 0 unspecified atom stereocenters. The number of pyridine rings is 1. The van der Waals surface area contributed by atoms with Gasteiger partial charge in [-0.2, -0.15) is 8.78 Å². The first-order chi connectivity index (χ1) is 17.9. The molecule has 0 spiro atoms. The molecule has 200 valence electrons. The molecular weight excluding hydrogens is 545 g/mol. The van der Waals surface area contributed by atoms with Crippen molar-refractivity contribution >= 4 is 40.9 Å². The first kappa shape index (κ1) is 26.8. The van der Waals surface area contributed by atoms with Crippen molar-refractivity contribution in [3.8, 4) is 11.5 Å². The van der Waals surface area contributed by atoms with Crippen LogP contribution in [0.4, 0.5) is 8.78 Å². The van der Waals surface area contributed by atoms with Crippen LogP contribution in [0.25, 0.3) is 0 Å². The summed E-state index contributed by atoms with van der Waals surface area (Å²) < 4.78 is 42.7. The minimum Gasteiger partial charge on any atom is -0.489 e. The number of hydrogen-bond donors (Lipinski definition) is 0. The van der Waals surface area contributed by atoms with Crippen LogP contribution in [0.5, 0.6) is 11.5 Å². The van der Waals surface area contributed by atoms with Gasteiger partial charge < -0.3 is 14.2 Å². The van der Waals surface area contributed by atoms with E-state index in [2.05, 4.69) is 14.6 Å². The summed E-state index contributed by atoms with van der Waals surface area (Å²) in [6.07, 6.45) is 6.84. The lowest BCUT2D eigenvalue weighted by molar-refractivity contribution is -0.152. The smallest absolute Gasteiger partial charge is 0.387 e. The lowest BCUT2D eigenvalue weighted by atomic mass is 10.0. The Kier molecular flexibility index (Phi) is 8.63. The molecule has 0 N–H and O–H groups in total. The lowest BCUT2D eigenvalue weighted by Crippen LogP contribution is -2.37. The number of carbonyl (C=O) groups excluding carboxylic acids is 1. The standard InChI is InChI=1S/C26H28Cl2F2N2O4S/c27-19-11-31-12-20(28)18(19)10-22(35-25(33)24-32(7-8-37-24)13-15-1-2-15)17-5-6-21(36-26(29)30)23(9-17)34-14-16-3-4-16/h5-6,9,11-12,15-16,22,24,26H,1-4,7-8,10,13-14H2/t22-,24-/m0/s1. The molecule has 6 nitrogen and oxygen atoms in total. The Hall–Kier alpha value is -1.81. The van der Waals surface area contributed by atoms with E-state index in [4.69, 9.17) is 32.7 Å². The third kappa shape index (κ3) is 7.19. The molecule has 2 aromatic rings. The highest BCUT2D eigenvalue weighted by molar-refractivity contribution is 8.00. The van der Waals surface area contributed by atoms with E-state index in [1.54, 1.807) is 23.9 Å². The van der Waals surface area contributed by atoms with Crippen LogP contribution in [0, 0.1) is 11.8 Å². The Labute approximate surface area is 228 Å². The van der Waals surface area contributed by atoms with Crippen molar-refractivity contribution in [3.63, 3.8) is 0 Å². The van der Waals surface area contributed by atoms with E-state index in [9.17, 15) is 13.6 Å². The van der Waals surface area contributed by atoms with E-state index < -0.39 is 18.1 Å². The van der Waals surface area contributed by atoms with E-state index in [0.717, 1.165) is 31.7 Å². The number of benzene rings is 1. The highest BCUT2D eigenvalue weighted by Gasteiger charge is 2.38. The van der Waals surface area contributed by atoms with Crippen LogP contribution in [-0.4, -0.2) is 53.3 Å². The fourth-order valence-electron chi connectivity index (χ4n) is 4.31. The molecule has 1 aromatic heterocycles. The number of halogens is 4. The molecule has 0 radical (unpaired) electrons. The van der Waals surface area contributed by atoms with Gasteiger partial charge in [-0.1, -0.05) is 29.3 Å². The molecule has 2 heterocycles. The van der Waals surface area contributed by atoms with Crippen molar-refractivity contribution in [1.29, 1.82) is 0 Å². The van der Waals surface area contributed by atoms with E-state index in [0.29, 0.717) is 39.6 Å². The van der Waals surface area contributed by atoms with E-state index in [1.165, 1.54) is 31.3 Å². The van der Waals surface area contributed by atoms with Gasteiger partial charge in [-0.25, -0.2) is 4.79 Å². The number of nitrogens with zero attached hydrogens (tertiary/aromatic N) is 2. The summed E-state index contributed by atoms with van der Waals surface area (Å²) in [6.45, 7) is -0.858. The van der Waals surface area contributed by atoms with Crippen molar-refractivity contribution in [2.75, 3.05) is 25.4 Å². The van der Waals surface area contributed by atoms with Crippen LogP contribution in [0.1, 0.15) is 42.9 Å². The largest absolute Gasteiger partial charge is 0.489 e. The number of alkyl halides is 2. The molecule has 37 heavy (non-hydrogen) atoms. The summed E-state index contributed by atoms with van der Waals surface area (Å²) in [5.41, 5.74) is 1.15. The number of esters is 1. The first-order valence-electron chi connectivity index (χ1n) is 12.4. The zero-order chi connectivity index (χ0) is 25.9. The predicted molar refractivity (Wildman–Crippen MR) is 139 cm³/mol. The summed E-state index contributed by atoms with van der Waals surface area (Å²) in [4.78, 5) is 19.6. The summed E-state index contributed by atoms with van der Waals surface area (Å²) in [6, 6.07) is 4.63. The summed E-state index contributed by atoms with van der Waals surface area (Å²) in [5.74, 6) is 1.69. The molecule has 0 amide bonds. The monoisotopic (exact) mass is 572 g/mol. The van der Waals surface area contributed by atoms with Crippen molar-refractivity contribution < 1.29 is 27.8 Å². The fraction of sp³-hybridized carbons (Fsp3) is 0.538. The van der Waals surface area contributed by atoms with Gasteiger partial charge in [0.1, 0.15) is 6.10 Å². The van der Waals surface area contributed by atoms with Crippen LogP contribution in [0.3, 0.4) is 0 Å². The van der Waals surface area contributed by atoms with Crippen LogP contribution < -0.4 is 9.47 Å². The number of thioether (sulfide) groups is 1. The molecule has 2 saturated carbocycles. The van der Waals surface area contributed by atoms with Gasteiger partial charge in [0.2, 0.25) is 0 Å². The maximum Gasteiger partial charge on any atom is 0.387 e. The van der Waals surface area contributed by atoms with Gasteiger partial charge in [0.15, 0.2) is 16.9 Å². The molecule has 2 aliphatic carbocycles. The maximum atomic E-state index is 13.4. The molecule has 1 aromatic carbocycles. The normalized spacial score (nSPS) is 20.7. The minimum atomic E-state index is -2.99. The van der Waals surface area contributed by atoms with Crippen molar-refractivity contribution in [2.24, 2.45) is 11.8 Å². The quantitative estimate of drug-likeness (QED) is 0.273. The Morgan fingerprint density at radius 3 is 2.51 bits per heavy atom. The van der Waals surface area contributed by atoms with Crippen molar-refractivity contribution in [3.05, 3.63) is 51.8 Å². The Balaban J connectivity index is 1.42. The van der Waals surface area contributed by atoms with Gasteiger partial charge in [0, 0.05) is 37.7 Å². The van der Waals surface area contributed by atoms with E-state index in [-0.39, 0.29) is 23.9 Å². The Bertz CT molecular complexity index is 1100. The average molecular weight is 573 g/mol. The molecule has 2 atom stereocenters. The highest BCUT2D eigenvalue weighted by Crippen LogP contribution is 2.39. The number of aromatic nitrogens is 1. The zero-order valence-electron chi connectivity index (χ0n) is 20.1. The minimum absolute atomic E-state index is 0.0635. The zero-order valence-corrected chi connectivity index (χ0v) is 22.4. The Morgan fingerprint density at radius 1 is 1.11 bits per heavy atom. The molecule has 3 aliphatic rings. The molecule has 1 aliphatic heterocycles. The van der Waals surface area contributed by atoms with Crippen LogP contribution in [0.15, 0.2) is 30.6 Å². The van der Waals surface area contributed by atoms with Crippen LogP contribution >= 0.6 is 35.0 Å². The second kappa shape index (κ2) is 11.9. The second-order valence-corrected chi connectivity index (χ2v) is 11.7. The third-order valence-electron chi connectivity index (χ3n) is 6.70. The lowest BCUT2D eigenvalue weighted by Gasteiger charge is -2.26. The average Bonchev–Trinajstić information content (AvgIpc) is 3.79. The van der Waals surface area contributed by atoms with Gasteiger partial charge in [0.05, 0.1) is 16.7 Å². The summed E-state index contributed by atoms with van der Waals surface area (Å²) >= 11 is 14.3. The van der Waals surface area contributed by atoms with E-state index >= 15 is 0 Å². The Morgan fingerprint density at radius 2 is 1.84 bits per heavy atom. The molecule has 5 rings (SSSR count). The predicted octanol–water partition coefficient (Wildman–Crippen LogP) is 6.39. The summed E-state index contributed by atoms with van der Waals surface area (Å²) in [5, 5.41) is 0.308. The van der Waals surface area contributed by atoms with Crippen molar-refractivity contribution in [1.82, 2.24) is 9.88 Å². The SMILES string of the molecule is O=C(O[C@@H](Cc1c(Cl)cncc1Cl)c1ccc(OC(F)F)c(OCC2CC2)c1)[C@@H]1SCCN1CC1CC1. The van der Waals surface area contributed by atoms with Gasteiger partial charge >= 0.3 is 12.6 Å². The van der Waals surface area contributed by atoms with E-state index in [1.807, 2.05) is 0 Å². The molecule has 1 saturated heterocycles. The number of carbonyl (C=O) groups is 1. The third-order valence-corrected chi connectivity index (χ3v) is 8.58. The highest BCUT2D eigenvalue weighted by atomic mass is 35.5. The molecule has 11 heteroatoms. The number of hydrogen-bond acceptors (Lipinski definition) is 7. The van der Waals surface area contributed by atoms with Gasteiger partial charge in [-0.05, 0) is 60.8 Å². The van der Waals surface area contributed by atoms with Crippen LogP contribution in [-0.2, 0) is 16.0 Å². The molecule has 3 fully saturated rings. The first-order valence-corrected chi connectivity index (χ1v) is 14.2. The maximum absolute atomic E-state index is 13.4. The fourth-order valence-corrected chi connectivity index (χ4v) is 5.98. The van der Waals surface area contributed by atoms with Crippen molar-refractivity contribution in [2.45, 2.75) is 50.2 Å². The van der Waals surface area contributed by atoms with Gasteiger partial charge in [-0.3, -0.25) is 9.88 Å². The van der Waals surface area contributed by atoms with Crippen LogP contribution in [0.2, 0.25) is 10.0 Å². The number of ether oxygens (including phenoxy) is 3. The topological polar surface area (TPSA) is 60.9 Å². The second-order valence-electron chi connectivity index (χ2n) is 9.71. The van der Waals surface area contributed by atoms with Gasteiger partial charge in [-0.15, -0.1) is 11.8 Å². The molecular formula is C26H28Cl2F2N2O4S. The van der Waals surface area contributed by atoms with Gasteiger partial charge in [0.25, 0.3) is 0 Å².